The van der Waals surface area contributed by atoms with E-state index in [-0.39, 0.29) is 5.95 Å². The average molecular weight is 223 g/mol. The number of hydrogen-bond acceptors (Lipinski definition) is 5. The third kappa shape index (κ3) is 1.83. The molecule has 0 saturated carbocycles. The third-order valence-electron chi connectivity index (χ3n) is 2.12. The average Bonchev–Trinajstić information content (AvgIpc) is 2.62. The zero-order chi connectivity index (χ0) is 11.5. The predicted octanol–water partition coefficient (Wildman–Crippen LogP) is -0.298. The summed E-state index contributed by atoms with van der Waals surface area (Å²) in [6.45, 7) is 2.64. The van der Waals surface area contributed by atoms with Crippen molar-refractivity contribution in [1.29, 1.82) is 0 Å². The lowest BCUT2D eigenvalue weighted by Gasteiger charge is -2.05. The minimum absolute atomic E-state index is 0.0518. The largest absolute Gasteiger partial charge is 0.411 e. The third-order valence-corrected chi connectivity index (χ3v) is 2.12. The van der Waals surface area contributed by atoms with Crippen molar-refractivity contribution in [3.8, 4) is 0 Å². The first-order valence-corrected chi connectivity index (χ1v) is 5.09. The molecule has 0 saturated heterocycles. The van der Waals surface area contributed by atoms with E-state index in [0.717, 1.165) is 12.8 Å². The van der Waals surface area contributed by atoms with Crippen LogP contribution in [-0.2, 0) is 0 Å². The molecule has 7 nitrogen and oxygen atoms in total. The fourth-order valence-corrected chi connectivity index (χ4v) is 1.31. The predicted molar refractivity (Wildman–Crippen MR) is 58.0 cm³/mol. The Balaban J connectivity index is 2.36. The van der Waals surface area contributed by atoms with Crippen LogP contribution in [0.5, 0.6) is 0 Å². The van der Waals surface area contributed by atoms with Crippen LogP contribution >= 0.6 is 0 Å². The number of rotatable bonds is 4. The molecule has 2 heterocycles. The van der Waals surface area contributed by atoms with Crippen molar-refractivity contribution >= 4 is 11.7 Å². The van der Waals surface area contributed by atoms with E-state index in [9.17, 15) is 4.79 Å². The lowest BCUT2D eigenvalue weighted by atomic mass is 10.4. The Hall–Kier alpha value is -2.05. The van der Waals surface area contributed by atoms with Gasteiger partial charge in [0.05, 0.1) is 6.20 Å². The summed E-state index contributed by atoms with van der Waals surface area (Å²) in [5, 5.41) is 0. The molecule has 0 aliphatic heterocycles. The van der Waals surface area contributed by atoms with Gasteiger partial charge in [-0.15, -0.1) is 0 Å². The molecule has 0 fully saturated rings. The van der Waals surface area contributed by atoms with Crippen molar-refractivity contribution in [3.63, 3.8) is 0 Å². The first-order chi connectivity index (χ1) is 7.72. The van der Waals surface area contributed by atoms with E-state index >= 15 is 0 Å². The van der Waals surface area contributed by atoms with E-state index in [1.165, 1.54) is 9.13 Å². The smallest absolute Gasteiger partial charge is 0.357 e. The molecule has 0 radical (unpaired) electrons. The molecule has 0 spiro atoms. The molecule has 2 aromatic heterocycles. The maximum atomic E-state index is 11.4. The van der Waals surface area contributed by atoms with Gasteiger partial charge in [0, 0.05) is 6.20 Å². The van der Waals surface area contributed by atoms with Gasteiger partial charge in [-0.2, -0.15) is 14.7 Å². The summed E-state index contributed by atoms with van der Waals surface area (Å²) in [6, 6.07) is 0. The lowest BCUT2D eigenvalue weighted by Crippen LogP contribution is -2.21. The van der Waals surface area contributed by atoms with Crippen molar-refractivity contribution in [3.05, 3.63) is 22.9 Å². The van der Waals surface area contributed by atoms with Gasteiger partial charge in [0.25, 0.3) is 5.78 Å². The van der Waals surface area contributed by atoms with Crippen molar-refractivity contribution in [2.75, 3.05) is 12.3 Å². The van der Waals surface area contributed by atoms with Gasteiger partial charge >= 0.3 is 5.69 Å². The van der Waals surface area contributed by atoms with Gasteiger partial charge in [0.15, 0.2) is 0 Å². The van der Waals surface area contributed by atoms with Crippen molar-refractivity contribution in [2.45, 2.75) is 19.8 Å². The molecule has 0 aliphatic carbocycles. The van der Waals surface area contributed by atoms with Crippen LogP contribution in [0.2, 0.25) is 0 Å². The number of unbranched alkanes of at least 4 members (excludes halogenated alkanes) is 1. The zero-order valence-electron chi connectivity index (χ0n) is 8.96. The van der Waals surface area contributed by atoms with Crippen LogP contribution in [-0.4, -0.2) is 25.7 Å². The molecule has 2 aromatic rings. The fraction of sp³-hybridized carbons (Fsp3) is 0.444. The molecule has 0 aliphatic rings. The van der Waals surface area contributed by atoms with E-state index in [4.69, 9.17) is 10.6 Å². The molecule has 16 heavy (non-hydrogen) atoms. The number of nitrogen functional groups attached to an aromatic ring is 1. The molecule has 2 N–H and O–H groups in total. The second-order valence-corrected chi connectivity index (χ2v) is 3.35. The van der Waals surface area contributed by atoms with Crippen LogP contribution in [0, 0.1) is 0 Å². The summed E-state index contributed by atoms with van der Waals surface area (Å²) in [4.78, 5) is 24.3. The Morgan fingerprint density at radius 2 is 2.25 bits per heavy atom. The Labute approximate surface area is 91.4 Å². The maximum absolute atomic E-state index is 11.4. The Bertz CT molecular complexity index is 544. The van der Waals surface area contributed by atoms with E-state index < -0.39 is 5.69 Å². The van der Waals surface area contributed by atoms with Gasteiger partial charge in [0.1, 0.15) is 6.61 Å². The van der Waals surface area contributed by atoms with E-state index in [0.29, 0.717) is 12.4 Å². The minimum Gasteiger partial charge on any atom is -0.411 e. The normalized spacial score (nSPS) is 10.8. The topological polar surface area (TPSA) is 87.4 Å². The van der Waals surface area contributed by atoms with E-state index in [1.54, 1.807) is 12.4 Å². The highest BCUT2D eigenvalue weighted by atomic mass is 16.7. The molecular formula is C9H13N5O2. The van der Waals surface area contributed by atoms with Gasteiger partial charge in [0.2, 0.25) is 5.95 Å². The standard InChI is InChI=1S/C9H13N5O2/c1-2-3-6-16-14-5-4-13-8(14)11-7(10)12-9(13)15/h4-5H,2-3,6H2,1H3,(H2,10,12,15). The summed E-state index contributed by atoms with van der Waals surface area (Å²) in [7, 11) is 0. The van der Waals surface area contributed by atoms with Crippen LogP contribution in [0.3, 0.4) is 0 Å². The highest BCUT2D eigenvalue weighted by Gasteiger charge is 2.06. The van der Waals surface area contributed by atoms with Crippen LogP contribution < -0.4 is 16.3 Å². The van der Waals surface area contributed by atoms with E-state index in [2.05, 4.69) is 16.9 Å². The molecule has 0 unspecified atom stereocenters. The summed E-state index contributed by atoms with van der Waals surface area (Å²) in [5.74, 6) is 0.289. The number of aromatic nitrogens is 4. The molecule has 0 aromatic carbocycles. The molecular weight excluding hydrogens is 210 g/mol. The summed E-state index contributed by atoms with van der Waals surface area (Å²) < 4.78 is 2.71. The van der Waals surface area contributed by atoms with Gasteiger partial charge in [-0.3, -0.25) is 0 Å². The molecule has 0 bridgehead atoms. The fourth-order valence-electron chi connectivity index (χ4n) is 1.31. The second kappa shape index (κ2) is 4.21. The Morgan fingerprint density at radius 1 is 1.44 bits per heavy atom. The minimum atomic E-state index is -0.458. The summed E-state index contributed by atoms with van der Waals surface area (Å²) in [5.41, 5.74) is 4.95. The second-order valence-electron chi connectivity index (χ2n) is 3.35. The SMILES string of the molecule is CCCCOn1ccn2c(=O)nc(N)nc12. The van der Waals surface area contributed by atoms with Crippen LogP contribution in [0.1, 0.15) is 19.8 Å². The highest BCUT2D eigenvalue weighted by molar-refractivity contribution is 5.33. The molecule has 0 amide bonds. The molecule has 7 heteroatoms. The van der Waals surface area contributed by atoms with Crippen LogP contribution in [0.25, 0.3) is 5.78 Å². The van der Waals surface area contributed by atoms with Gasteiger partial charge < -0.3 is 10.6 Å². The number of hydrogen-bond donors (Lipinski definition) is 1. The van der Waals surface area contributed by atoms with Crippen molar-refractivity contribution in [1.82, 2.24) is 19.1 Å². The van der Waals surface area contributed by atoms with Crippen LogP contribution in [0.4, 0.5) is 5.95 Å². The lowest BCUT2D eigenvalue weighted by molar-refractivity contribution is 0.115. The first-order valence-electron chi connectivity index (χ1n) is 5.09. The van der Waals surface area contributed by atoms with E-state index in [1.807, 2.05) is 0 Å². The summed E-state index contributed by atoms with van der Waals surface area (Å²) >= 11 is 0. The monoisotopic (exact) mass is 223 g/mol. The maximum Gasteiger partial charge on any atom is 0.357 e. The Morgan fingerprint density at radius 3 is 3.00 bits per heavy atom. The number of nitrogens with two attached hydrogens (primary N) is 1. The number of anilines is 1. The molecule has 0 atom stereocenters. The van der Waals surface area contributed by atoms with Crippen LogP contribution in [0.15, 0.2) is 17.2 Å². The molecule has 2 rings (SSSR count). The van der Waals surface area contributed by atoms with Gasteiger partial charge in [-0.1, -0.05) is 13.3 Å². The highest BCUT2D eigenvalue weighted by Crippen LogP contribution is 1.99. The number of imidazole rings is 1. The van der Waals surface area contributed by atoms with Gasteiger partial charge in [-0.25, -0.2) is 9.20 Å². The quantitative estimate of drug-likeness (QED) is 0.719. The Kier molecular flexibility index (Phi) is 2.76. The summed E-state index contributed by atoms with van der Waals surface area (Å²) in [6.07, 6.45) is 5.13. The molecule has 86 valence electrons. The van der Waals surface area contributed by atoms with Crippen molar-refractivity contribution in [2.24, 2.45) is 0 Å². The van der Waals surface area contributed by atoms with Crippen molar-refractivity contribution < 1.29 is 4.84 Å². The zero-order valence-corrected chi connectivity index (χ0v) is 8.96. The number of fused-ring (bicyclic) bond motifs is 1. The van der Waals surface area contributed by atoms with Gasteiger partial charge in [-0.05, 0) is 6.42 Å². The first kappa shape index (κ1) is 10.5. The number of nitrogens with zero attached hydrogens (tertiary/aromatic N) is 4.